The fourth-order valence-electron chi connectivity index (χ4n) is 2.84. The van der Waals surface area contributed by atoms with Crippen molar-refractivity contribution in [3.63, 3.8) is 0 Å². The first-order valence-corrected chi connectivity index (χ1v) is 11.7. The maximum absolute atomic E-state index is 12.9. The lowest BCUT2D eigenvalue weighted by molar-refractivity contribution is -0.112. The van der Waals surface area contributed by atoms with Gasteiger partial charge in [0.15, 0.2) is 11.5 Å². The first-order chi connectivity index (χ1) is 14.9. The molecule has 0 spiro atoms. The van der Waals surface area contributed by atoms with Gasteiger partial charge in [0.2, 0.25) is 5.12 Å². The number of hydrogen-bond donors (Lipinski definition) is 3. The Morgan fingerprint density at radius 1 is 1.23 bits per heavy atom. The second-order valence-corrected chi connectivity index (χ2v) is 8.76. The molecule has 0 fully saturated rings. The molecule has 0 aliphatic heterocycles. The van der Waals surface area contributed by atoms with Gasteiger partial charge in [-0.15, -0.1) is 0 Å². The fraction of sp³-hybridized carbons (Fsp3) is 0.364. The zero-order valence-electron chi connectivity index (χ0n) is 17.2. The Bertz CT molecular complexity index is 897. The van der Waals surface area contributed by atoms with E-state index in [2.05, 4.69) is 5.32 Å². The van der Waals surface area contributed by atoms with E-state index in [0.717, 1.165) is 23.7 Å². The Hall–Kier alpha value is -1.93. The summed E-state index contributed by atoms with van der Waals surface area (Å²) >= 11 is 13.6. The van der Waals surface area contributed by atoms with Crippen LogP contribution in [0.5, 0.6) is 11.5 Å². The summed E-state index contributed by atoms with van der Waals surface area (Å²) in [6.45, 7) is 2.72. The van der Waals surface area contributed by atoms with Crippen molar-refractivity contribution in [1.29, 1.82) is 0 Å². The van der Waals surface area contributed by atoms with E-state index in [1.165, 1.54) is 6.07 Å². The number of benzene rings is 2. The van der Waals surface area contributed by atoms with Crippen molar-refractivity contribution < 1.29 is 19.4 Å². The Labute approximate surface area is 196 Å². The lowest BCUT2D eigenvalue weighted by atomic mass is 10.1. The quantitative estimate of drug-likeness (QED) is 0.407. The molecule has 0 bridgehead atoms. The van der Waals surface area contributed by atoms with Gasteiger partial charge >= 0.3 is 0 Å². The summed E-state index contributed by atoms with van der Waals surface area (Å²) in [5.74, 6) is -0.416. The van der Waals surface area contributed by atoms with Gasteiger partial charge in [0.1, 0.15) is 11.1 Å². The Morgan fingerprint density at radius 3 is 2.58 bits per heavy atom. The number of carbonyl (C=O) groups is 2. The molecule has 0 aliphatic rings. The number of phenols is 1. The number of unbranched alkanes of at least 4 members (excludes halogenated alkanes) is 1. The second-order valence-electron chi connectivity index (χ2n) is 6.71. The highest BCUT2D eigenvalue weighted by Crippen LogP contribution is 2.42. The van der Waals surface area contributed by atoms with Crippen LogP contribution < -0.4 is 15.8 Å². The molecular formula is C22H26Cl2N2O4S. The normalized spacial score (nSPS) is 11.7. The van der Waals surface area contributed by atoms with Crippen LogP contribution >= 0.6 is 35.0 Å². The van der Waals surface area contributed by atoms with Gasteiger partial charge in [0.05, 0.1) is 17.2 Å². The minimum absolute atomic E-state index is 0.0922. The Kier molecular flexibility index (Phi) is 10.5. The number of phenolic OH excluding ortho intramolecular Hbond substituents is 1. The maximum Gasteiger partial charge on any atom is 0.255 e. The van der Waals surface area contributed by atoms with Gasteiger partial charge < -0.3 is 20.9 Å². The summed E-state index contributed by atoms with van der Waals surface area (Å²) in [7, 11) is 0. The fourth-order valence-corrected chi connectivity index (χ4v) is 4.03. The molecular weight excluding hydrogens is 459 g/mol. The second kappa shape index (κ2) is 12.8. The molecule has 9 heteroatoms. The zero-order valence-corrected chi connectivity index (χ0v) is 19.5. The van der Waals surface area contributed by atoms with Gasteiger partial charge in [-0.25, -0.2) is 0 Å². The van der Waals surface area contributed by atoms with Crippen LogP contribution in [0.15, 0.2) is 36.4 Å². The Balaban J connectivity index is 2.21. The van der Waals surface area contributed by atoms with Crippen LogP contribution in [-0.2, 0) is 11.2 Å². The lowest BCUT2D eigenvalue weighted by Gasteiger charge is -2.19. The third-order valence-electron chi connectivity index (χ3n) is 4.40. The molecule has 2 aromatic carbocycles. The number of carbonyl (C=O) groups excluding carboxylic acids is 2. The number of thioether (sulfide) groups is 1. The van der Waals surface area contributed by atoms with Gasteiger partial charge in [-0.05, 0) is 36.8 Å². The molecule has 2 aromatic rings. The number of aromatic hydroxyl groups is 1. The van der Waals surface area contributed by atoms with Crippen molar-refractivity contribution in [1.82, 2.24) is 5.32 Å². The Morgan fingerprint density at radius 2 is 1.94 bits per heavy atom. The molecule has 0 saturated heterocycles. The first-order valence-electron chi connectivity index (χ1n) is 9.94. The molecule has 168 valence electrons. The molecule has 6 nitrogen and oxygen atoms in total. The van der Waals surface area contributed by atoms with Gasteiger partial charge in [-0.1, -0.05) is 72.2 Å². The minimum atomic E-state index is -0.774. The number of rotatable bonds is 11. The summed E-state index contributed by atoms with van der Waals surface area (Å²) in [6.07, 6.45) is 1.79. The molecule has 0 aliphatic carbocycles. The molecule has 1 unspecified atom stereocenters. The van der Waals surface area contributed by atoms with Crippen LogP contribution in [0.1, 0.15) is 35.7 Å². The van der Waals surface area contributed by atoms with Crippen LogP contribution in [-0.4, -0.2) is 41.1 Å². The SMILES string of the molecule is CCSC(=O)C(Cc1ccccc1)NC(=O)c1cc(Cl)c(OCCCCN)c(Cl)c1O. The van der Waals surface area contributed by atoms with Gasteiger partial charge in [-0.2, -0.15) is 0 Å². The van der Waals surface area contributed by atoms with Gasteiger partial charge in [0.25, 0.3) is 5.91 Å². The van der Waals surface area contributed by atoms with Crippen LogP contribution in [0.4, 0.5) is 0 Å². The highest BCUT2D eigenvalue weighted by molar-refractivity contribution is 8.13. The van der Waals surface area contributed by atoms with Crippen LogP contribution in [0.3, 0.4) is 0 Å². The first kappa shape index (κ1) is 25.3. The van der Waals surface area contributed by atoms with Gasteiger partial charge in [0, 0.05) is 6.42 Å². The maximum atomic E-state index is 12.9. The molecule has 31 heavy (non-hydrogen) atoms. The van der Waals surface area contributed by atoms with Crippen molar-refractivity contribution >= 4 is 46.0 Å². The number of nitrogens with two attached hydrogens (primary N) is 1. The number of ether oxygens (including phenoxy) is 1. The molecule has 0 aromatic heterocycles. The van der Waals surface area contributed by atoms with E-state index in [0.29, 0.717) is 31.7 Å². The van der Waals surface area contributed by atoms with E-state index in [1.807, 2.05) is 37.3 Å². The average molecular weight is 485 g/mol. The third kappa shape index (κ3) is 7.31. The largest absolute Gasteiger partial charge is 0.505 e. The van der Waals surface area contributed by atoms with E-state index in [9.17, 15) is 14.7 Å². The van der Waals surface area contributed by atoms with Gasteiger partial charge in [-0.3, -0.25) is 9.59 Å². The number of hydrogen-bond acceptors (Lipinski definition) is 6. The summed E-state index contributed by atoms with van der Waals surface area (Å²) in [5, 5.41) is 12.9. The van der Waals surface area contributed by atoms with Crippen LogP contribution in [0.25, 0.3) is 0 Å². The standard InChI is InChI=1S/C22H26Cl2N2O4S/c1-2-31-22(29)17(12-14-8-4-3-5-9-14)26-21(28)15-13-16(23)20(18(24)19(15)27)30-11-7-6-10-25/h3-5,8-9,13,17,27H,2,6-7,10-12,25H2,1H3,(H,26,28). The highest BCUT2D eigenvalue weighted by atomic mass is 35.5. The molecule has 1 atom stereocenters. The van der Waals surface area contributed by atoms with Crippen molar-refractivity contribution in [3.8, 4) is 11.5 Å². The van der Waals surface area contributed by atoms with Crippen molar-refractivity contribution in [2.45, 2.75) is 32.2 Å². The summed E-state index contributed by atoms with van der Waals surface area (Å²) in [5.41, 5.74) is 6.23. The van der Waals surface area contributed by atoms with E-state index >= 15 is 0 Å². The highest BCUT2D eigenvalue weighted by Gasteiger charge is 2.26. The minimum Gasteiger partial charge on any atom is -0.505 e. The average Bonchev–Trinajstić information content (AvgIpc) is 2.76. The lowest BCUT2D eigenvalue weighted by Crippen LogP contribution is -2.41. The van der Waals surface area contributed by atoms with E-state index in [1.54, 1.807) is 0 Å². The number of nitrogens with one attached hydrogen (secondary N) is 1. The molecule has 4 N–H and O–H groups in total. The zero-order chi connectivity index (χ0) is 22.8. The van der Waals surface area contributed by atoms with Crippen LogP contribution in [0, 0.1) is 0 Å². The van der Waals surface area contributed by atoms with E-state index < -0.39 is 17.7 Å². The molecule has 0 saturated carbocycles. The molecule has 1 amide bonds. The van der Waals surface area contributed by atoms with Crippen LogP contribution in [0.2, 0.25) is 10.0 Å². The molecule has 0 radical (unpaired) electrons. The summed E-state index contributed by atoms with van der Waals surface area (Å²) < 4.78 is 5.55. The van der Waals surface area contributed by atoms with Crippen molar-refractivity contribution in [2.75, 3.05) is 18.9 Å². The van der Waals surface area contributed by atoms with Crippen molar-refractivity contribution in [2.24, 2.45) is 5.73 Å². The number of halogens is 2. The smallest absolute Gasteiger partial charge is 0.255 e. The molecule has 2 rings (SSSR count). The van der Waals surface area contributed by atoms with Crippen molar-refractivity contribution in [3.05, 3.63) is 57.6 Å². The third-order valence-corrected chi connectivity index (χ3v) is 5.89. The monoisotopic (exact) mass is 484 g/mol. The number of amides is 1. The van der Waals surface area contributed by atoms with E-state index in [-0.39, 0.29) is 26.5 Å². The molecule has 0 heterocycles. The summed E-state index contributed by atoms with van der Waals surface area (Å²) in [6, 6.07) is 9.88. The summed E-state index contributed by atoms with van der Waals surface area (Å²) in [4.78, 5) is 25.4. The predicted octanol–water partition coefficient (Wildman–Crippen LogP) is 4.44. The predicted molar refractivity (Wildman–Crippen MR) is 126 cm³/mol. The van der Waals surface area contributed by atoms with E-state index in [4.69, 9.17) is 33.7 Å². The topological polar surface area (TPSA) is 102 Å².